The van der Waals surface area contributed by atoms with Gasteiger partial charge in [-0.2, -0.15) is 0 Å². The van der Waals surface area contributed by atoms with E-state index in [0.717, 1.165) is 128 Å². The Labute approximate surface area is 402 Å². The maximum absolute atomic E-state index is 13.5. The Balaban J connectivity index is 1.50. The first kappa shape index (κ1) is 57.2. The van der Waals surface area contributed by atoms with Crippen LogP contribution in [0, 0.1) is 33.5 Å². The normalized spacial score (nSPS) is 21.3. The maximum Gasteiger partial charge on any atom is 0.361 e. The average Bonchev–Trinajstić information content (AvgIpc) is 3.94. The van der Waals surface area contributed by atoms with Gasteiger partial charge in [-0.15, -0.1) is 9.69 Å². The van der Waals surface area contributed by atoms with Crippen molar-refractivity contribution in [2.45, 2.75) is 244 Å². The van der Waals surface area contributed by atoms with Gasteiger partial charge in [-0.25, -0.2) is 14.3 Å². The zero-order chi connectivity index (χ0) is 49.0. The lowest BCUT2D eigenvalue weighted by Crippen LogP contribution is -2.77. The number of quaternary nitrogens is 1. The molecule has 66 heavy (non-hydrogen) atoms. The van der Waals surface area contributed by atoms with Crippen LogP contribution in [0.2, 0.25) is 0 Å². The van der Waals surface area contributed by atoms with Crippen LogP contribution in [-0.2, 0) is 25.5 Å². The summed E-state index contributed by atoms with van der Waals surface area (Å²) >= 11 is 0. The molecule has 3 rings (SSSR count). The number of hydrogen-bond acceptors (Lipinski definition) is 10. The van der Waals surface area contributed by atoms with E-state index in [1.165, 1.54) is 17.5 Å². The van der Waals surface area contributed by atoms with E-state index in [4.69, 9.17) is 24.5 Å². The fourth-order valence-corrected chi connectivity index (χ4v) is 11.7. The standard InChI is InChI=1S/C54H97N6O6/c1-14-23-31-42(16-3)38-65-48(62)46-47(49(63)66-39-43(17-4)32-24-15-2)59(57-56-46)35-29-25-26-30-36-64-45(61)34-28-27-33-44-37-60(58-55-44)41-52(12,19-6)50(60)54(21-8,22-9)53(13,20-7)40-51(10,11)18-5/h37,42-43,50H,14-36,38-41H2,1-13H3/q+1. The van der Waals surface area contributed by atoms with E-state index in [1.54, 1.807) is 0 Å². The van der Waals surface area contributed by atoms with Gasteiger partial charge >= 0.3 is 17.9 Å². The van der Waals surface area contributed by atoms with Crippen molar-refractivity contribution in [3.8, 4) is 0 Å². The zero-order valence-electron chi connectivity index (χ0n) is 44.5. The highest BCUT2D eigenvalue weighted by Crippen LogP contribution is 2.66. The number of esters is 3. The van der Waals surface area contributed by atoms with Crippen LogP contribution in [0.4, 0.5) is 0 Å². The Bertz CT molecular complexity index is 1700. The highest BCUT2D eigenvalue weighted by Gasteiger charge is 2.73. The van der Waals surface area contributed by atoms with Crippen LogP contribution in [0.1, 0.15) is 252 Å². The van der Waals surface area contributed by atoms with Crippen molar-refractivity contribution in [2.24, 2.45) is 43.8 Å². The molecule has 1 fully saturated rings. The summed E-state index contributed by atoms with van der Waals surface area (Å²) in [6, 6.07) is 0.378. The van der Waals surface area contributed by atoms with Gasteiger partial charge in [-0.05, 0) is 113 Å². The van der Waals surface area contributed by atoms with Gasteiger partial charge in [0.15, 0.2) is 5.69 Å². The quantitative estimate of drug-likeness (QED) is 0.0284. The van der Waals surface area contributed by atoms with Crippen molar-refractivity contribution in [3.63, 3.8) is 0 Å². The van der Waals surface area contributed by atoms with E-state index in [2.05, 4.69) is 107 Å². The molecule has 6 unspecified atom stereocenters. The van der Waals surface area contributed by atoms with Gasteiger partial charge in [0.1, 0.15) is 24.5 Å². The van der Waals surface area contributed by atoms with Crippen molar-refractivity contribution in [1.82, 2.24) is 15.0 Å². The molecule has 0 aliphatic carbocycles. The molecule has 0 amide bonds. The first-order chi connectivity index (χ1) is 31.5. The molecule has 0 radical (unpaired) electrons. The van der Waals surface area contributed by atoms with Crippen LogP contribution >= 0.6 is 0 Å². The topological polar surface area (TPSA) is 134 Å². The number of hydrogen-bond donors (Lipinski definition) is 0. The molecule has 1 aromatic heterocycles. The fourth-order valence-electron chi connectivity index (χ4n) is 11.7. The lowest BCUT2D eigenvalue weighted by molar-refractivity contribution is -0.985. The van der Waals surface area contributed by atoms with Gasteiger partial charge in [-0.1, -0.05) is 145 Å². The van der Waals surface area contributed by atoms with Crippen molar-refractivity contribution in [1.29, 1.82) is 0 Å². The van der Waals surface area contributed by atoms with Crippen molar-refractivity contribution in [2.75, 3.05) is 26.4 Å². The van der Waals surface area contributed by atoms with E-state index in [-0.39, 0.29) is 57.5 Å². The van der Waals surface area contributed by atoms with Gasteiger partial charge in [0, 0.05) is 23.6 Å². The number of aromatic nitrogens is 3. The first-order valence-electron chi connectivity index (χ1n) is 26.9. The molecule has 1 spiro atoms. The summed E-state index contributed by atoms with van der Waals surface area (Å²) in [7, 11) is 0. The third kappa shape index (κ3) is 14.7. The predicted molar refractivity (Wildman–Crippen MR) is 265 cm³/mol. The van der Waals surface area contributed by atoms with Gasteiger partial charge in [-0.3, -0.25) is 4.79 Å². The Morgan fingerprint density at radius 1 is 0.773 bits per heavy atom. The summed E-state index contributed by atoms with van der Waals surface area (Å²) in [5.74, 6) is -0.854. The molecular weight excluding hydrogens is 829 g/mol. The third-order valence-corrected chi connectivity index (χ3v) is 16.5. The van der Waals surface area contributed by atoms with Gasteiger partial charge in [0.25, 0.3) is 0 Å². The molecule has 0 bridgehead atoms. The van der Waals surface area contributed by atoms with Crippen molar-refractivity contribution >= 4 is 17.9 Å². The molecule has 1 saturated heterocycles. The number of carbonyl (C=O) groups is 3. The van der Waals surface area contributed by atoms with E-state index in [9.17, 15) is 14.4 Å². The molecule has 2 aliphatic rings. The lowest BCUT2D eigenvalue weighted by atomic mass is 9.45. The molecule has 12 nitrogen and oxygen atoms in total. The molecular formula is C54H97N6O6+. The summed E-state index contributed by atoms with van der Waals surface area (Å²) in [5, 5.41) is 18.3. The highest BCUT2D eigenvalue weighted by atomic mass is 16.5. The van der Waals surface area contributed by atoms with E-state index in [0.29, 0.717) is 43.2 Å². The molecule has 0 N–H and O–H groups in total. The Morgan fingerprint density at radius 3 is 1.95 bits per heavy atom. The zero-order valence-corrected chi connectivity index (χ0v) is 44.5. The monoisotopic (exact) mass is 926 g/mol. The number of carbonyl (C=O) groups excluding carboxylic acids is 3. The minimum atomic E-state index is -0.634. The van der Waals surface area contributed by atoms with Crippen molar-refractivity contribution in [3.05, 3.63) is 23.3 Å². The molecule has 1 aromatic rings. The molecule has 2 aliphatic heterocycles. The summed E-state index contributed by atoms with van der Waals surface area (Å²) in [6.07, 6.45) is 23.4. The second-order valence-corrected chi connectivity index (χ2v) is 21.6. The summed E-state index contributed by atoms with van der Waals surface area (Å²) in [5.41, 5.74) is 1.82. The molecule has 378 valence electrons. The summed E-state index contributed by atoms with van der Waals surface area (Å²) in [6.45, 7) is 32.8. The smallest absolute Gasteiger partial charge is 0.361 e. The molecule has 6 atom stereocenters. The van der Waals surface area contributed by atoms with E-state index >= 15 is 0 Å². The van der Waals surface area contributed by atoms with Crippen LogP contribution in [0.15, 0.2) is 22.2 Å². The van der Waals surface area contributed by atoms with Gasteiger partial charge < -0.3 is 14.2 Å². The van der Waals surface area contributed by atoms with Crippen LogP contribution in [0.3, 0.4) is 0 Å². The number of ether oxygens (including phenoxy) is 3. The molecule has 3 heterocycles. The number of aryl methyl sites for hydroxylation is 1. The Hall–Kier alpha value is -3.15. The second-order valence-electron chi connectivity index (χ2n) is 21.6. The number of nitrogens with zero attached hydrogens (tertiary/aromatic N) is 6. The van der Waals surface area contributed by atoms with Gasteiger partial charge in [0.2, 0.25) is 5.69 Å². The highest BCUT2D eigenvalue weighted by molar-refractivity contribution is 6.00. The second kappa shape index (κ2) is 27.1. The SMILES string of the molecule is CCCCC(CC)COC(=O)c1nnn(CCCCCCOC(=O)CCCCC2=C[N+]3(CC(C)(CC)C3C(CC)(CC)C(C)(CC)CC(C)(C)CC)N=N2)c1C(=O)OCC(CC)CCCC. The Morgan fingerprint density at radius 2 is 1.39 bits per heavy atom. The largest absolute Gasteiger partial charge is 0.466 e. The number of unbranched alkanes of at least 4 members (excludes halogenated alkanes) is 6. The molecule has 0 aromatic carbocycles. The Kier molecular flexibility index (Phi) is 23.5. The summed E-state index contributed by atoms with van der Waals surface area (Å²) < 4.78 is 19.2. The number of rotatable bonds is 35. The minimum absolute atomic E-state index is 0.0648. The van der Waals surface area contributed by atoms with Crippen LogP contribution in [0.5, 0.6) is 0 Å². The summed E-state index contributed by atoms with van der Waals surface area (Å²) in [4.78, 5) is 39.5. The lowest BCUT2D eigenvalue weighted by Gasteiger charge is -2.66. The fraction of sp³-hybridized carbons (Fsp3) is 0.870. The number of allylic oxidation sites excluding steroid dienone is 1. The predicted octanol–water partition coefficient (Wildman–Crippen LogP) is 14.6. The minimum Gasteiger partial charge on any atom is -0.466 e. The van der Waals surface area contributed by atoms with E-state index in [1.807, 2.05) is 0 Å². The maximum atomic E-state index is 13.5. The van der Waals surface area contributed by atoms with Crippen LogP contribution < -0.4 is 0 Å². The molecule has 12 heteroatoms. The third-order valence-electron chi connectivity index (χ3n) is 16.5. The van der Waals surface area contributed by atoms with Gasteiger partial charge in [0.05, 0.1) is 25.2 Å². The molecule has 0 saturated carbocycles. The average molecular weight is 926 g/mol. The first-order valence-corrected chi connectivity index (χ1v) is 26.9. The van der Waals surface area contributed by atoms with Crippen LogP contribution in [-0.4, -0.2) is 69.9 Å². The van der Waals surface area contributed by atoms with Crippen molar-refractivity contribution < 1.29 is 33.2 Å². The van der Waals surface area contributed by atoms with Crippen LogP contribution in [0.25, 0.3) is 0 Å². The van der Waals surface area contributed by atoms with E-state index < -0.39 is 11.9 Å².